The van der Waals surface area contributed by atoms with Crippen LogP contribution in [0.3, 0.4) is 0 Å². The van der Waals surface area contributed by atoms with Crippen molar-refractivity contribution in [2.45, 2.75) is 26.0 Å². The second kappa shape index (κ2) is 7.80. The van der Waals surface area contributed by atoms with Gasteiger partial charge in [0.15, 0.2) is 6.10 Å². The molecule has 2 aliphatic rings. The molecule has 2 saturated heterocycles. The number of carbonyl (C=O) groups is 2. The van der Waals surface area contributed by atoms with Crippen LogP contribution < -0.4 is 14.7 Å². The van der Waals surface area contributed by atoms with Gasteiger partial charge in [-0.3, -0.25) is 14.4 Å². The Labute approximate surface area is 186 Å². The average molecular weight is 428 g/mol. The van der Waals surface area contributed by atoms with E-state index in [2.05, 4.69) is 6.07 Å². The summed E-state index contributed by atoms with van der Waals surface area (Å²) in [5.41, 5.74) is 4.46. The third-order valence-corrected chi connectivity index (χ3v) is 6.18. The average Bonchev–Trinajstić information content (AvgIpc) is 3.30. The Hall–Kier alpha value is -3.64. The van der Waals surface area contributed by atoms with Crippen LogP contribution in [0.2, 0.25) is 0 Å². The molecule has 0 aromatic heterocycles. The molecule has 3 aromatic rings. The predicted octanol–water partition coefficient (Wildman–Crippen LogP) is 4.36. The van der Waals surface area contributed by atoms with Gasteiger partial charge >= 0.3 is 0 Å². The van der Waals surface area contributed by atoms with Crippen LogP contribution in [0.15, 0.2) is 72.8 Å². The number of fused-ring (bicyclic) bond motifs is 1. The van der Waals surface area contributed by atoms with Crippen LogP contribution in [0.1, 0.15) is 22.7 Å². The summed E-state index contributed by atoms with van der Waals surface area (Å²) in [4.78, 5) is 34.5. The van der Waals surface area contributed by atoms with Gasteiger partial charge in [0, 0.05) is 6.07 Å². The van der Waals surface area contributed by atoms with Gasteiger partial charge < -0.3 is 4.74 Å². The molecule has 2 aliphatic heterocycles. The second-order valence-electron chi connectivity index (χ2n) is 8.23. The summed E-state index contributed by atoms with van der Waals surface area (Å²) in [6.45, 7) is 4.06. The lowest BCUT2D eigenvalue weighted by molar-refractivity contribution is -0.126. The van der Waals surface area contributed by atoms with Crippen LogP contribution in [-0.2, 0) is 14.4 Å². The first kappa shape index (κ1) is 20.3. The topological polar surface area (TPSA) is 59.1 Å². The Balaban J connectivity index is 1.60. The number of hydrogen-bond acceptors (Lipinski definition) is 5. The molecule has 0 saturated carbocycles. The summed E-state index contributed by atoms with van der Waals surface area (Å²) in [6.07, 6.45) is -0.889. The highest BCUT2D eigenvalue weighted by atomic mass is 16.7. The fourth-order valence-corrected chi connectivity index (χ4v) is 4.69. The van der Waals surface area contributed by atoms with Crippen LogP contribution in [0.25, 0.3) is 0 Å². The SMILES string of the molecule is COc1cccc(N2C(=O)[C@H]3[C@@H](ON(c4ccccc4)[C@H]3c3ccc(C)cc3C)C2=O)c1. The zero-order valence-electron chi connectivity index (χ0n) is 18.2. The highest BCUT2D eigenvalue weighted by molar-refractivity contribution is 6.24. The van der Waals surface area contributed by atoms with Crippen LogP contribution >= 0.6 is 0 Å². The van der Waals surface area contributed by atoms with E-state index in [1.54, 1.807) is 36.4 Å². The zero-order valence-corrected chi connectivity index (χ0v) is 18.2. The van der Waals surface area contributed by atoms with Gasteiger partial charge in [0.05, 0.1) is 24.5 Å². The van der Waals surface area contributed by atoms with Crippen molar-refractivity contribution in [3.8, 4) is 5.75 Å². The molecule has 0 bridgehead atoms. The van der Waals surface area contributed by atoms with Gasteiger partial charge in [-0.05, 0) is 49.2 Å². The van der Waals surface area contributed by atoms with Crippen molar-refractivity contribution in [1.82, 2.24) is 0 Å². The number of amides is 2. The van der Waals surface area contributed by atoms with Crippen LogP contribution in [0.5, 0.6) is 5.75 Å². The minimum atomic E-state index is -0.889. The van der Waals surface area contributed by atoms with E-state index in [0.29, 0.717) is 11.4 Å². The molecule has 2 fully saturated rings. The van der Waals surface area contributed by atoms with Gasteiger partial charge in [-0.2, -0.15) is 0 Å². The largest absolute Gasteiger partial charge is 0.497 e. The lowest BCUT2D eigenvalue weighted by Crippen LogP contribution is -2.37. The van der Waals surface area contributed by atoms with E-state index >= 15 is 0 Å². The molecule has 0 N–H and O–H groups in total. The van der Waals surface area contributed by atoms with Crippen molar-refractivity contribution in [3.63, 3.8) is 0 Å². The molecule has 0 aliphatic carbocycles. The molecule has 0 radical (unpaired) electrons. The minimum absolute atomic E-state index is 0.267. The van der Waals surface area contributed by atoms with Crippen molar-refractivity contribution < 1.29 is 19.2 Å². The lowest BCUT2D eigenvalue weighted by atomic mass is 9.87. The summed E-state index contributed by atoms with van der Waals surface area (Å²) in [7, 11) is 1.55. The van der Waals surface area contributed by atoms with Gasteiger partial charge in [0.25, 0.3) is 5.91 Å². The molecular weight excluding hydrogens is 404 g/mol. The Morgan fingerprint density at radius 2 is 1.59 bits per heavy atom. The number of carbonyl (C=O) groups excluding carboxylic acids is 2. The van der Waals surface area contributed by atoms with Gasteiger partial charge in [0.1, 0.15) is 11.7 Å². The number of para-hydroxylation sites is 1. The molecule has 3 aromatic carbocycles. The van der Waals surface area contributed by atoms with Gasteiger partial charge in [-0.15, -0.1) is 0 Å². The minimum Gasteiger partial charge on any atom is -0.497 e. The van der Waals surface area contributed by atoms with E-state index in [1.807, 2.05) is 56.3 Å². The fourth-order valence-electron chi connectivity index (χ4n) is 4.69. The predicted molar refractivity (Wildman–Crippen MR) is 121 cm³/mol. The third kappa shape index (κ3) is 3.15. The van der Waals surface area contributed by atoms with Gasteiger partial charge in [0.2, 0.25) is 5.91 Å². The highest BCUT2D eigenvalue weighted by Gasteiger charge is 2.60. The number of nitrogens with zero attached hydrogens (tertiary/aromatic N) is 2. The molecule has 6 heteroatoms. The lowest BCUT2D eigenvalue weighted by Gasteiger charge is -2.29. The van der Waals surface area contributed by atoms with Crippen LogP contribution in [-0.4, -0.2) is 25.0 Å². The van der Waals surface area contributed by atoms with E-state index in [4.69, 9.17) is 9.57 Å². The highest BCUT2D eigenvalue weighted by Crippen LogP contribution is 2.48. The first-order valence-electron chi connectivity index (χ1n) is 10.6. The molecule has 2 heterocycles. The number of imide groups is 1. The number of hydroxylamine groups is 1. The monoisotopic (exact) mass is 428 g/mol. The van der Waals surface area contributed by atoms with Crippen molar-refractivity contribution in [1.29, 1.82) is 0 Å². The standard InChI is InChI=1S/C26H24N2O4/c1-16-12-13-21(17(2)14-16)23-22-24(32-28(23)18-8-5-4-6-9-18)26(30)27(25(22)29)19-10-7-11-20(15-19)31-3/h4-15,22-24H,1-3H3/t22-,23+,24-/m1/s1. The molecule has 162 valence electrons. The number of methoxy groups -OCH3 is 1. The normalized spacial score (nSPS) is 22.4. The first-order valence-corrected chi connectivity index (χ1v) is 10.6. The number of aryl methyl sites for hydroxylation is 2. The first-order chi connectivity index (χ1) is 15.5. The molecular formula is C26H24N2O4. The maximum Gasteiger partial charge on any atom is 0.266 e. The zero-order chi connectivity index (χ0) is 22.4. The van der Waals surface area contributed by atoms with E-state index in [-0.39, 0.29) is 11.8 Å². The molecule has 2 amide bonds. The van der Waals surface area contributed by atoms with Gasteiger partial charge in [-0.1, -0.05) is 48.0 Å². The second-order valence-corrected chi connectivity index (χ2v) is 8.23. The quantitative estimate of drug-likeness (QED) is 0.578. The van der Waals surface area contributed by atoms with Crippen molar-refractivity contribution >= 4 is 23.2 Å². The third-order valence-electron chi connectivity index (χ3n) is 6.18. The van der Waals surface area contributed by atoms with E-state index < -0.39 is 18.1 Å². The Morgan fingerprint density at radius 3 is 2.31 bits per heavy atom. The Bertz CT molecular complexity index is 1190. The van der Waals surface area contributed by atoms with Crippen molar-refractivity contribution in [3.05, 3.63) is 89.5 Å². The number of benzene rings is 3. The summed E-state index contributed by atoms with van der Waals surface area (Å²) in [6, 6.07) is 22.3. The summed E-state index contributed by atoms with van der Waals surface area (Å²) >= 11 is 0. The number of ether oxygens (including phenoxy) is 1. The molecule has 0 unspecified atom stereocenters. The number of rotatable bonds is 4. The molecule has 0 spiro atoms. The molecule has 3 atom stereocenters. The number of hydrogen-bond donors (Lipinski definition) is 0. The molecule has 6 nitrogen and oxygen atoms in total. The maximum atomic E-state index is 13.7. The number of anilines is 2. The summed E-state index contributed by atoms with van der Waals surface area (Å²) < 4.78 is 5.28. The Kier molecular flexibility index (Phi) is 4.94. The molecule has 32 heavy (non-hydrogen) atoms. The van der Waals surface area contributed by atoms with Crippen molar-refractivity contribution in [2.24, 2.45) is 5.92 Å². The Morgan fingerprint density at radius 1 is 0.844 bits per heavy atom. The van der Waals surface area contributed by atoms with E-state index in [1.165, 1.54) is 4.90 Å². The van der Waals surface area contributed by atoms with Crippen molar-refractivity contribution in [2.75, 3.05) is 17.1 Å². The molecule has 5 rings (SSSR count). The van der Waals surface area contributed by atoms with E-state index in [0.717, 1.165) is 22.4 Å². The summed E-state index contributed by atoms with van der Waals surface area (Å²) in [5.74, 6) is -0.702. The fraction of sp³-hybridized carbons (Fsp3) is 0.231. The smallest absolute Gasteiger partial charge is 0.266 e. The van der Waals surface area contributed by atoms with Crippen LogP contribution in [0.4, 0.5) is 11.4 Å². The van der Waals surface area contributed by atoms with Gasteiger partial charge in [-0.25, -0.2) is 9.96 Å². The van der Waals surface area contributed by atoms with E-state index in [9.17, 15) is 9.59 Å². The van der Waals surface area contributed by atoms with Crippen LogP contribution in [0, 0.1) is 19.8 Å². The summed E-state index contributed by atoms with van der Waals surface area (Å²) in [5, 5.41) is 1.73. The maximum absolute atomic E-state index is 13.7.